The van der Waals surface area contributed by atoms with Crippen molar-refractivity contribution >= 4 is 35.0 Å². The van der Waals surface area contributed by atoms with Crippen LogP contribution in [0.4, 0.5) is 0 Å². The highest BCUT2D eigenvalue weighted by Crippen LogP contribution is 2.25. The van der Waals surface area contributed by atoms with Crippen LogP contribution in [0.25, 0.3) is 0 Å². The van der Waals surface area contributed by atoms with Crippen molar-refractivity contribution in [1.29, 1.82) is 0 Å². The van der Waals surface area contributed by atoms with E-state index in [9.17, 15) is 9.59 Å². The minimum absolute atomic E-state index is 0.0931. The molecule has 0 bridgehead atoms. The van der Waals surface area contributed by atoms with E-state index < -0.39 is 6.04 Å². The average molecular weight is 359 g/mol. The first kappa shape index (κ1) is 18.0. The smallest absolute Gasteiger partial charge is 0.254 e. The van der Waals surface area contributed by atoms with E-state index in [-0.39, 0.29) is 25.0 Å². The molecule has 0 spiro atoms. The molecule has 1 fully saturated rings. The largest absolute Gasteiger partial charge is 0.395 e. The van der Waals surface area contributed by atoms with E-state index in [0.717, 1.165) is 6.42 Å². The van der Waals surface area contributed by atoms with Gasteiger partial charge in [0.1, 0.15) is 6.04 Å². The molecule has 0 radical (unpaired) electrons. The molecule has 1 atom stereocenters. The summed E-state index contributed by atoms with van der Waals surface area (Å²) in [4.78, 5) is 28.5. The number of benzene rings is 1. The summed E-state index contributed by atoms with van der Waals surface area (Å²) in [6, 6.07) is 4.18. The lowest BCUT2D eigenvalue weighted by Crippen LogP contribution is -2.48. The molecule has 1 aromatic carbocycles. The van der Waals surface area contributed by atoms with Crippen molar-refractivity contribution in [3.63, 3.8) is 0 Å². The second kappa shape index (κ2) is 7.99. The van der Waals surface area contributed by atoms with Crippen LogP contribution in [0.1, 0.15) is 30.1 Å². The van der Waals surface area contributed by atoms with Crippen LogP contribution in [-0.2, 0) is 4.79 Å². The fourth-order valence-corrected chi connectivity index (χ4v) is 3.39. The Balaban J connectivity index is 2.20. The predicted molar refractivity (Wildman–Crippen MR) is 89.9 cm³/mol. The van der Waals surface area contributed by atoms with E-state index in [4.69, 9.17) is 28.3 Å². The minimum atomic E-state index is -0.494. The van der Waals surface area contributed by atoms with Gasteiger partial charge >= 0.3 is 0 Å². The van der Waals surface area contributed by atoms with Gasteiger partial charge in [0.15, 0.2) is 0 Å². The van der Waals surface area contributed by atoms with Gasteiger partial charge in [-0.25, -0.2) is 0 Å². The van der Waals surface area contributed by atoms with Crippen molar-refractivity contribution < 1.29 is 14.7 Å². The number of aliphatic hydroxyl groups excluding tert-OH is 1. The van der Waals surface area contributed by atoms with Gasteiger partial charge in [-0.2, -0.15) is 0 Å². The maximum Gasteiger partial charge on any atom is 0.254 e. The van der Waals surface area contributed by atoms with Crippen LogP contribution in [0, 0.1) is 0 Å². The SMILES string of the molecule is CCN(CCO)C(=O)C1CCCN1C(=O)c1cc(Cl)cc(Cl)c1. The monoisotopic (exact) mass is 358 g/mol. The molecule has 0 aromatic heterocycles. The standard InChI is InChI=1S/C16H20Cl2N2O3/c1-2-19(6-7-21)16(23)14-4-3-5-20(14)15(22)11-8-12(17)10-13(18)9-11/h8-10,14,21H,2-7H2,1H3. The third-order valence-electron chi connectivity index (χ3n) is 3.97. The van der Waals surface area contributed by atoms with Crippen LogP contribution in [-0.4, -0.2) is 59.0 Å². The van der Waals surface area contributed by atoms with Gasteiger partial charge in [0.05, 0.1) is 6.61 Å². The van der Waals surface area contributed by atoms with E-state index in [2.05, 4.69) is 0 Å². The average Bonchev–Trinajstić information content (AvgIpc) is 2.99. The molecule has 1 aliphatic rings. The highest BCUT2D eigenvalue weighted by molar-refractivity contribution is 6.35. The van der Waals surface area contributed by atoms with Crippen LogP contribution in [0.5, 0.6) is 0 Å². The van der Waals surface area contributed by atoms with Crippen molar-refractivity contribution in [2.75, 3.05) is 26.2 Å². The molecule has 0 saturated carbocycles. The number of carbonyl (C=O) groups is 2. The van der Waals surface area contributed by atoms with Crippen LogP contribution in [0.15, 0.2) is 18.2 Å². The molecule has 23 heavy (non-hydrogen) atoms. The Bertz CT molecular complexity index is 574. The van der Waals surface area contributed by atoms with E-state index in [1.54, 1.807) is 28.0 Å². The van der Waals surface area contributed by atoms with Gasteiger partial charge in [0, 0.05) is 35.2 Å². The highest BCUT2D eigenvalue weighted by atomic mass is 35.5. The fraction of sp³-hybridized carbons (Fsp3) is 0.500. The predicted octanol–water partition coefficient (Wildman–Crippen LogP) is 2.44. The van der Waals surface area contributed by atoms with Gasteiger partial charge in [0.25, 0.3) is 5.91 Å². The normalized spacial score (nSPS) is 17.4. The van der Waals surface area contributed by atoms with Gasteiger partial charge in [-0.3, -0.25) is 9.59 Å². The Kier molecular flexibility index (Phi) is 6.27. The first-order valence-electron chi connectivity index (χ1n) is 7.64. The van der Waals surface area contributed by atoms with Gasteiger partial charge in [-0.15, -0.1) is 0 Å². The second-order valence-electron chi connectivity index (χ2n) is 5.46. The molecule has 1 aliphatic heterocycles. The number of hydrogen-bond acceptors (Lipinski definition) is 3. The molecule has 1 aromatic rings. The molecule has 0 aliphatic carbocycles. The summed E-state index contributed by atoms with van der Waals surface area (Å²) >= 11 is 11.9. The third-order valence-corrected chi connectivity index (χ3v) is 4.41. The Hall–Kier alpha value is -1.30. The molecule has 2 amide bonds. The van der Waals surface area contributed by atoms with E-state index in [0.29, 0.717) is 35.1 Å². The molecule has 7 heteroatoms. The number of aliphatic hydroxyl groups is 1. The highest BCUT2D eigenvalue weighted by Gasteiger charge is 2.36. The summed E-state index contributed by atoms with van der Waals surface area (Å²) in [5, 5.41) is 9.84. The molecule has 2 rings (SSSR count). The Morgan fingerprint density at radius 1 is 1.30 bits per heavy atom. The number of likely N-dealkylation sites (N-methyl/N-ethyl adjacent to an activating group) is 1. The zero-order valence-electron chi connectivity index (χ0n) is 13.0. The zero-order chi connectivity index (χ0) is 17.0. The van der Waals surface area contributed by atoms with Crippen LogP contribution >= 0.6 is 23.2 Å². The topological polar surface area (TPSA) is 60.9 Å². The van der Waals surface area contributed by atoms with Gasteiger partial charge in [-0.05, 0) is 38.0 Å². The molecule has 5 nitrogen and oxygen atoms in total. The summed E-state index contributed by atoms with van der Waals surface area (Å²) in [6.07, 6.45) is 1.40. The summed E-state index contributed by atoms with van der Waals surface area (Å²) in [5.41, 5.74) is 0.382. The van der Waals surface area contributed by atoms with E-state index in [1.165, 1.54) is 0 Å². The molecular weight excluding hydrogens is 339 g/mol. The fourth-order valence-electron chi connectivity index (χ4n) is 2.87. The summed E-state index contributed by atoms with van der Waals surface area (Å²) in [5.74, 6) is -0.370. The van der Waals surface area contributed by atoms with Crippen LogP contribution in [0.3, 0.4) is 0 Å². The molecule has 126 valence electrons. The molecule has 1 saturated heterocycles. The summed E-state index contributed by atoms with van der Waals surface area (Å²) in [6.45, 7) is 3.06. The number of amides is 2. The quantitative estimate of drug-likeness (QED) is 0.879. The lowest BCUT2D eigenvalue weighted by molar-refractivity contribution is -0.135. The molecule has 1 unspecified atom stereocenters. The van der Waals surface area contributed by atoms with Crippen molar-refractivity contribution in [2.24, 2.45) is 0 Å². The number of carbonyl (C=O) groups excluding carboxylic acids is 2. The maximum atomic E-state index is 12.7. The van der Waals surface area contributed by atoms with Crippen molar-refractivity contribution in [3.8, 4) is 0 Å². The van der Waals surface area contributed by atoms with Crippen molar-refractivity contribution in [2.45, 2.75) is 25.8 Å². The van der Waals surface area contributed by atoms with Crippen LogP contribution < -0.4 is 0 Å². The lowest BCUT2D eigenvalue weighted by Gasteiger charge is -2.29. The number of rotatable bonds is 5. The molecular formula is C16H20Cl2N2O3. The Morgan fingerprint density at radius 3 is 2.52 bits per heavy atom. The first-order chi connectivity index (χ1) is 11.0. The number of nitrogens with zero attached hydrogens (tertiary/aromatic N) is 2. The number of hydrogen-bond donors (Lipinski definition) is 1. The van der Waals surface area contributed by atoms with Gasteiger partial charge in [-0.1, -0.05) is 23.2 Å². The molecule has 1 heterocycles. The zero-order valence-corrected chi connectivity index (χ0v) is 14.5. The third kappa shape index (κ3) is 4.16. The lowest BCUT2D eigenvalue weighted by atomic mass is 10.1. The number of halogens is 2. The summed E-state index contributed by atoms with van der Waals surface area (Å²) < 4.78 is 0. The van der Waals surface area contributed by atoms with Gasteiger partial charge < -0.3 is 14.9 Å². The van der Waals surface area contributed by atoms with Gasteiger partial charge in [0.2, 0.25) is 5.91 Å². The Labute approximate surface area is 145 Å². The molecule has 1 N–H and O–H groups in total. The second-order valence-corrected chi connectivity index (χ2v) is 6.33. The Morgan fingerprint density at radius 2 is 1.96 bits per heavy atom. The van der Waals surface area contributed by atoms with Crippen molar-refractivity contribution in [3.05, 3.63) is 33.8 Å². The van der Waals surface area contributed by atoms with Crippen LogP contribution in [0.2, 0.25) is 10.0 Å². The van der Waals surface area contributed by atoms with E-state index >= 15 is 0 Å². The van der Waals surface area contributed by atoms with E-state index in [1.807, 2.05) is 6.92 Å². The first-order valence-corrected chi connectivity index (χ1v) is 8.40. The maximum absolute atomic E-state index is 12.7. The van der Waals surface area contributed by atoms with Crippen molar-refractivity contribution in [1.82, 2.24) is 9.80 Å². The number of likely N-dealkylation sites (tertiary alicyclic amines) is 1. The summed E-state index contributed by atoms with van der Waals surface area (Å²) in [7, 11) is 0. The minimum Gasteiger partial charge on any atom is -0.395 e.